The number of methoxy groups -OCH3 is 1. The van der Waals surface area contributed by atoms with Crippen molar-refractivity contribution in [3.05, 3.63) is 52.8 Å². The van der Waals surface area contributed by atoms with Crippen LogP contribution in [-0.4, -0.2) is 31.8 Å². The first-order valence-electron chi connectivity index (χ1n) is 8.03. The minimum atomic E-state index is -4.88. The Labute approximate surface area is 172 Å². The van der Waals surface area contributed by atoms with Crippen molar-refractivity contribution in [1.82, 2.24) is 9.97 Å². The molecule has 1 heterocycles. The third-order valence-electron chi connectivity index (χ3n) is 4.05. The maximum Gasteiger partial charge on any atom is 0.449 e. The number of imidazole rings is 1. The molecule has 3 aromatic rings. The van der Waals surface area contributed by atoms with Crippen molar-refractivity contribution < 1.29 is 35.1 Å². The van der Waals surface area contributed by atoms with Gasteiger partial charge in [0, 0.05) is 17.4 Å². The number of rotatable bonds is 4. The third-order valence-corrected chi connectivity index (χ3v) is 5.50. The number of sulfone groups is 1. The van der Waals surface area contributed by atoms with E-state index in [1.807, 2.05) is 0 Å². The summed E-state index contributed by atoms with van der Waals surface area (Å²) in [4.78, 5) is 4.35. The number of benzene rings is 2. The Morgan fingerprint density at radius 1 is 1.07 bits per heavy atom. The summed E-state index contributed by atoms with van der Waals surface area (Å²) in [5.41, 5.74) is -0.914. The fourth-order valence-electron chi connectivity index (χ4n) is 2.79. The molecular formula is C18H12ClF5N2O3S. The average molecular weight is 467 g/mol. The molecule has 30 heavy (non-hydrogen) atoms. The van der Waals surface area contributed by atoms with Gasteiger partial charge in [-0.25, -0.2) is 22.2 Å². The van der Waals surface area contributed by atoms with Crippen LogP contribution in [0.25, 0.3) is 22.5 Å². The van der Waals surface area contributed by atoms with Gasteiger partial charge in [-0.3, -0.25) is 0 Å². The molecular weight excluding hydrogens is 455 g/mol. The van der Waals surface area contributed by atoms with Gasteiger partial charge >= 0.3 is 6.18 Å². The number of H-pyrrole nitrogens is 1. The Hall–Kier alpha value is -2.66. The molecule has 0 saturated carbocycles. The highest BCUT2D eigenvalue weighted by atomic mass is 35.5. The average Bonchev–Trinajstić information content (AvgIpc) is 3.06. The fraction of sp³-hybridized carbons (Fsp3) is 0.167. The van der Waals surface area contributed by atoms with Gasteiger partial charge < -0.3 is 9.72 Å². The molecule has 0 amide bonds. The summed E-state index contributed by atoms with van der Waals surface area (Å²) in [6.07, 6.45) is -4.27. The van der Waals surface area contributed by atoms with Crippen LogP contribution in [0.5, 0.6) is 5.75 Å². The highest BCUT2D eigenvalue weighted by Crippen LogP contribution is 2.39. The van der Waals surface area contributed by atoms with Crippen LogP contribution >= 0.6 is 11.6 Å². The zero-order valence-corrected chi connectivity index (χ0v) is 16.8. The molecule has 0 atom stereocenters. The molecule has 0 fully saturated rings. The van der Waals surface area contributed by atoms with Gasteiger partial charge in [-0.05, 0) is 24.3 Å². The van der Waals surface area contributed by atoms with E-state index in [1.54, 1.807) is 0 Å². The second-order valence-electron chi connectivity index (χ2n) is 6.20. The van der Waals surface area contributed by atoms with Gasteiger partial charge in [0.05, 0.1) is 23.5 Å². The van der Waals surface area contributed by atoms with E-state index in [-0.39, 0.29) is 22.0 Å². The minimum Gasteiger partial charge on any atom is -0.495 e. The van der Waals surface area contributed by atoms with Gasteiger partial charge in [0.25, 0.3) is 0 Å². The zero-order valence-electron chi connectivity index (χ0n) is 15.2. The molecule has 2 aromatic carbocycles. The standard InChI is InChI=1S/C18H12ClF5N2O3S/c1-29-13-7-8(3-4-10(13)19)14-15(26-17(25-14)18(22,23)24)9-5-11(20)16(12(21)6-9)30(2,27)28/h3-7H,1-2H3,(H,25,26). The predicted octanol–water partition coefficient (Wildman–Crippen LogP) is 5.11. The van der Waals surface area contributed by atoms with E-state index >= 15 is 0 Å². The van der Waals surface area contributed by atoms with Crippen molar-refractivity contribution in [2.75, 3.05) is 13.4 Å². The molecule has 0 aliphatic rings. The Morgan fingerprint density at radius 3 is 2.17 bits per heavy atom. The van der Waals surface area contributed by atoms with E-state index in [9.17, 15) is 30.4 Å². The number of hydrogen-bond acceptors (Lipinski definition) is 4. The van der Waals surface area contributed by atoms with Gasteiger partial charge in [-0.15, -0.1) is 0 Å². The summed E-state index contributed by atoms with van der Waals surface area (Å²) in [6.45, 7) is 0. The molecule has 0 unspecified atom stereocenters. The van der Waals surface area contributed by atoms with Gasteiger partial charge in [-0.1, -0.05) is 17.7 Å². The van der Waals surface area contributed by atoms with Gasteiger partial charge in [0.2, 0.25) is 5.82 Å². The Bertz CT molecular complexity index is 1220. The lowest BCUT2D eigenvalue weighted by Gasteiger charge is -2.09. The molecule has 0 radical (unpaired) electrons. The molecule has 0 aliphatic carbocycles. The van der Waals surface area contributed by atoms with Crippen LogP contribution in [0.3, 0.4) is 0 Å². The van der Waals surface area contributed by atoms with Crippen LogP contribution in [0, 0.1) is 11.6 Å². The molecule has 0 spiro atoms. The van der Waals surface area contributed by atoms with E-state index in [0.717, 1.165) is 0 Å². The van der Waals surface area contributed by atoms with Gasteiger partial charge in [-0.2, -0.15) is 13.2 Å². The monoisotopic (exact) mass is 466 g/mol. The van der Waals surface area contributed by atoms with Crippen LogP contribution in [0.15, 0.2) is 35.2 Å². The van der Waals surface area contributed by atoms with E-state index in [1.165, 1.54) is 25.3 Å². The summed E-state index contributed by atoms with van der Waals surface area (Å²) < 4.78 is 96.5. The van der Waals surface area contributed by atoms with E-state index in [4.69, 9.17) is 16.3 Å². The SMILES string of the molecule is COc1cc(-c2[nH]c(C(F)(F)F)nc2-c2cc(F)c(S(C)(=O)=O)c(F)c2)ccc1Cl. The molecule has 0 saturated heterocycles. The summed E-state index contributed by atoms with van der Waals surface area (Å²) in [6, 6.07) is 5.25. The number of ether oxygens (including phenoxy) is 1. The highest BCUT2D eigenvalue weighted by Gasteiger charge is 2.36. The van der Waals surface area contributed by atoms with Crippen LogP contribution < -0.4 is 4.74 Å². The predicted molar refractivity (Wildman–Crippen MR) is 99.0 cm³/mol. The minimum absolute atomic E-state index is 0.141. The largest absolute Gasteiger partial charge is 0.495 e. The van der Waals surface area contributed by atoms with Crippen LogP contribution in [0.4, 0.5) is 22.0 Å². The highest BCUT2D eigenvalue weighted by molar-refractivity contribution is 7.90. The first-order valence-corrected chi connectivity index (χ1v) is 10.3. The number of alkyl halides is 3. The van der Waals surface area contributed by atoms with Crippen molar-refractivity contribution in [1.29, 1.82) is 0 Å². The number of nitrogens with zero attached hydrogens (tertiary/aromatic N) is 1. The Balaban J connectivity index is 2.29. The zero-order chi connectivity index (χ0) is 22.4. The van der Waals surface area contributed by atoms with Gasteiger partial charge in [0.1, 0.15) is 22.3 Å². The van der Waals surface area contributed by atoms with Crippen molar-refractivity contribution in [2.45, 2.75) is 11.1 Å². The molecule has 5 nitrogen and oxygen atoms in total. The lowest BCUT2D eigenvalue weighted by atomic mass is 10.0. The molecule has 1 aromatic heterocycles. The summed E-state index contributed by atoms with van der Waals surface area (Å²) in [5, 5.41) is 0.188. The number of aromatic amines is 1. The van der Waals surface area contributed by atoms with Crippen molar-refractivity contribution in [2.24, 2.45) is 0 Å². The Morgan fingerprint density at radius 2 is 1.67 bits per heavy atom. The van der Waals surface area contributed by atoms with E-state index in [0.29, 0.717) is 18.4 Å². The smallest absolute Gasteiger partial charge is 0.449 e. The second-order valence-corrected chi connectivity index (χ2v) is 8.56. The molecule has 3 rings (SSSR count). The molecule has 12 heteroatoms. The van der Waals surface area contributed by atoms with Crippen LogP contribution in [-0.2, 0) is 16.0 Å². The van der Waals surface area contributed by atoms with Gasteiger partial charge in [0.15, 0.2) is 9.84 Å². The molecule has 0 aliphatic heterocycles. The summed E-state index contributed by atoms with van der Waals surface area (Å²) >= 11 is 5.93. The van der Waals surface area contributed by atoms with Crippen LogP contribution in [0.1, 0.15) is 5.82 Å². The number of aromatic nitrogens is 2. The molecule has 160 valence electrons. The van der Waals surface area contributed by atoms with Crippen LogP contribution in [0.2, 0.25) is 5.02 Å². The van der Waals surface area contributed by atoms with Crippen molar-refractivity contribution >= 4 is 21.4 Å². The number of halogens is 6. The topological polar surface area (TPSA) is 72.0 Å². The lowest BCUT2D eigenvalue weighted by molar-refractivity contribution is -0.144. The van der Waals surface area contributed by atoms with E-state index < -0.39 is 49.6 Å². The first-order chi connectivity index (χ1) is 13.8. The summed E-state index contributed by atoms with van der Waals surface area (Å²) in [7, 11) is -2.95. The second kappa shape index (κ2) is 7.55. The van der Waals surface area contributed by atoms with E-state index in [2.05, 4.69) is 9.97 Å². The number of nitrogens with one attached hydrogen (secondary N) is 1. The quantitative estimate of drug-likeness (QED) is 0.543. The first kappa shape index (κ1) is 22.0. The maximum atomic E-state index is 14.3. The van der Waals surface area contributed by atoms with Crippen molar-refractivity contribution in [3.63, 3.8) is 0 Å². The normalized spacial score (nSPS) is 12.3. The fourth-order valence-corrected chi connectivity index (χ4v) is 3.81. The Kier molecular flexibility index (Phi) is 5.54. The molecule has 0 bridgehead atoms. The van der Waals surface area contributed by atoms with Crippen molar-refractivity contribution in [3.8, 4) is 28.3 Å². The lowest BCUT2D eigenvalue weighted by Crippen LogP contribution is -2.07. The summed E-state index contributed by atoms with van der Waals surface area (Å²) in [5.74, 6) is -4.17. The maximum absolute atomic E-state index is 14.3. The third kappa shape index (κ3) is 4.12. The molecule has 1 N–H and O–H groups in total. The number of hydrogen-bond donors (Lipinski definition) is 1.